The molecule has 0 radical (unpaired) electrons. The van der Waals surface area contributed by atoms with Gasteiger partial charge in [-0.25, -0.2) is 5.43 Å². The van der Waals surface area contributed by atoms with Crippen LogP contribution in [0.3, 0.4) is 0 Å². The summed E-state index contributed by atoms with van der Waals surface area (Å²) in [5.41, 5.74) is 11.0. The molecule has 0 spiro atoms. The molecular weight excluding hydrogens is 190 g/mol. The SMILES string of the molecule is Nc1cccc(C2=NNC(=O)C3CC23)c1. The van der Waals surface area contributed by atoms with Gasteiger partial charge in [-0.3, -0.25) is 4.79 Å². The maximum Gasteiger partial charge on any atom is 0.243 e. The number of carbonyl (C=O) groups excluding carboxylic acids is 1. The lowest BCUT2D eigenvalue weighted by Gasteiger charge is -2.11. The molecule has 1 fully saturated rings. The third-order valence-electron chi connectivity index (χ3n) is 2.95. The second-order valence-corrected chi connectivity index (χ2v) is 4.05. The number of nitrogens with one attached hydrogen (secondary N) is 1. The van der Waals surface area contributed by atoms with Crippen molar-refractivity contribution in [2.75, 3.05) is 5.73 Å². The Morgan fingerprint density at radius 3 is 3.07 bits per heavy atom. The molecule has 2 atom stereocenters. The molecule has 1 aromatic rings. The topological polar surface area (TPSA) is 67.5 Å². The van der Waals surface area contributed by atoms with E-state index in [1.54, 1.807) is 0 Å². The summed E-state index contributed by atoms with van der Waals surface area (Å²) in [5, 5.41) is 4.11. The van der Waals surface area contributed by atoms with Gasteiger partial charge in [0.2, 0.25) is 5.91 Å². The predicted octanol–water partition coefficient (Wildman–Crippen LogP) is 0.739. The Morgan fingerprint density at radius 2 is 2.27 bits per heavy atom. The van der Waals surface area contributed by atoms with E-state index in [0.29, 0.717) is 5.92 Å². The fraction of sp³-hybridized carbons (Fsp3) is 0.273. The summed E-state index contributed by atoms with van der Waals surface area (Å²) < 4.78 is 0. The van der Waals surface area contributed by atoms with Gasteiger partial charge in [-0.2, -0.15) is 5.10 Å². The average molecular weight is 201 g/mol. The number of rotatable bonds is 1. The quantitative estimate of drug-likeness (QED) is 0.658. The molecule has 0 saturated heterocycles. The van der Waals surface area contributed by atoms with Crippen molar-refractivity contribution >= 4 is 17.3 Å². The Labute approximate surface area is 87.2 Å². The molecule has 2 aliphatic rings. The maximum absolute atomic E-state index is 11.2. The average Bonchev–Trinajstić information content (AvgIpc) is 2.99. The van der Waals surface area contributed by atoms with Crippen LogP contribution in [0.15, 0.2) is 29.4 Å². The molecule has 1 aromatic carbocycles. The van der Waals surface area contributed by atoms with Crippen LogP contribution in [-0.2, 0) is 4.79 Å². The smallest absolute Gasteiger partial charge is 0.243 e. The van der Waals surface area contributed by atoms with Crippen molar-refractivity contribution in [1.82, 2.24) is 5.43 Å². The summed E-state index contributed by atoms with van der Waals surface area (Å²) in [6.45, 7) is 0. The Bertz CT molecular complexity index is 467. The molecule has 76 valence electrons. The monoisotopic (exact) mass is 201 g/mol. The molecule has 2 unspecified atom stereocenters. The molecule has 0 bridgehead atoms. The van der Waals surface area contributed by atoms with Gasteiger partial charge in [0.1, 0.15) is 0 Å². The second kappa shape index (κ2) is 2.82. The summed E-state index contributed by atoms with van der Waals surface area (Å²) in [4.78, 5) is 11.2. The maximum atomic E-state index is 11.2. The van der Waals surface area contributed by atoms with Crippen LogP contribution in [0, 0.1) is 11.8 Å². The third kappa shape index (κ3) is 1.29. The van der Waals surface area contributed by atoms with E-state index >= 15 is 0 Å². The largest absolute Gasteiger partial charge is 0.399 e. The van der Waals surface area contributed by atoms with Crippen LogP contribution < -0.4 is 11.2 Å². The van der Waals surface area contributed by atoms with Crippen molar-refractivity contribution in [3.8, 4) is 0 Å². The summed E-state index contributed by atoms with van der Waals surface area (Å²) in [5.74, 6) is 0.493. The Hall–Kier alpha value is -1.84. The predicted molar refractivity (Wildman–Crippen MR) is 57.1 cm³/mol. The number of anilines is 1. The van der Waals surface area contributed by atoms with Crippen LogP contribution in [0.25, 0.3) is 0 Å². The van der Waals surface area contributed by atoms with Crippen LogP contribution in [0.1, 0.15) is 12.0 Å². The fourth-order valence-electron chi connectivity index (χ4n) is 2.04. The van der Waals surface area contributed by atoms with Gasteiger partial charge < -0.3 is 5.73 Å². The molecule has 0 aromatic heterocycles. The molecule has 1 heterocycles. The van der Waals surface area contributed by atoms with Crippen LogP contribution in [-0.4, -0.2) is 11.6 Å². The zero-order valence-electron chi connectivity index (χ0n) is 8.10. The highest BCUT2D eigenvalue weighted by molar-refractivity contribution is 6.09. The number of hydrogen-bond acceptors (Lipinski definition) is 3. The fourth-order valence-corrected chi connectivity index (χ4v) is 2.04. The van der Waals surface area contributed by atoms with Crippen molar-refractivity contribution in [1.29, 1.82) is 0 Å². The van der Waals surface area contributed by atoms with E-state index in [-0.39, 0.29) is 11.8 Å². The second-order valence-electron chi connectivity index (χ2n) is 4.05. The lowest BCUT2D eigenvalue weighted by atomic mass is 10.0. The molecule has 4 heteroatoms. The first-order valence-electron chi connectivity index (χ1n) is 4.99. The van der Waals surface area contributed by atoms with Crippen molar-refractivity contribution in [3.63, 3.8) is 0 Å². The first-order valence-corrected chi connectivity index (χ1v) is 4.99. The van der Waals surface area contributed by atoms with Crippen LogP contribution in [0.5, 0.6) is 0 Å². The van der Waals surface area contributed by atoms with Crippen LogP contribution in [0.2, 0.25) is 0 Å². The van der Waals surface area contributed by atoms with Gasteiger partial charge in [0, 0.05) is 23.1 Å². The highest BCUT2D eigenvalue weighted by Gasteiger charge is 2.49. The number of amides is 1. The van der Waals surface area contributed by atoms with Gasteiger partial charge in [0.15, 0.2) is 0 Å². The number of fused-ring (bicyclic) bond motifs is 1. The van der Waals surface area contributed by atoms with Crippen LogP contribution in [0.4, 0.5) is 5.69 Å². The first-order chi connectivity index (χ1) is 7.25. The summed E-state index contributed by atoms with van der Waals surface area (Å²) >= 11 is 0. The minimum atomic E-state index is 0.0488. The highest BCUT2D eigenvalue weighted by atomic mass is 16.2. The molecular formula is C11H11N3O. The summed E-state index contributed by atoms with van der Waals surface area (Å²) in [6.07, 6.45) is 0.916. The lowest BCUT2D eigenvalue weighted by molar-refractivity contribution is -0.122. The van der Waals surface area contributed by atoms with E-state index in [1.807, 2.05) is 24.3 Å². The number of nitrogens with zero attached hydrogens (tertiary/aromatic N) is 1. The van der Waals surface area contributed by atoms with E-state index in [1.165, 1.54) is 0 Å². The summed E-state index contributed by atoms with van der Waals surface area (Å²) in [6, 6.07) is 7.62. The highest BCUT2D eigenvalue weighted by Crippen LogP contribution is 2.43. The number of nitrogens with two attached hydrogens (primary N) is 1. The Morgan fingerprint density at radius 1 is 1.40 bits per heavy atom. The number of hydrogen-bond donors (Lipinski definition) is 2. The lowest BCUT2D eigenvalue weighted by Crippen LogP contribution is -2.28. The Kier molecular flexibility index (Phi) is 1.59. The van der Waals surface area contributed by atoms with Crippen molar-refractivity contribution in [3.05, 3.63) is 29.8 Å². The van der Waals surface area contributed by atoms with Gasteiger partial charge in [-0.15, -0.1) is 0 Å². The standard InChI is InChI=1S/C11H11N3O/c12-7-3-1-2-6(4-7)10-8-5-9(8)11(15)14-13-10/h1-4,8-9H,5,12H2,(H,14,15). The minimum absolute atomic E-state index is 0.0488. The van der Waals surface area contributed by atoms with Crippen molar-refractivity contribution in [2.45, 2.75) is 6.42 Å². The van der Waals surface area contributed by atoms with Gasteiger partial charge in [-0.1, -0.05) is 12.1 Å². The summed E-state index contributed by atoms with van der Waals surface area (Å²) in [7, 11) is 0. The zero-order chi connectivity index (χ0) is 10.4. The third-order valence-corrected chi connectivity index (χ3v) is 2.95. The van der Waals surface area contributed by atoms with E-state index in [4.69, 9.17) is 5.73 Å². The van der Waals surface area contributed by atoms with Gasteiger partial charge >= 0.3 is 0 Å². The molecule has 4 nitrogen and oxygen atoms in total. The van der Waals surface area contributed by atoms with Crippen molar-refractivity contribution < 1.29 is 4.79 Å². The number of carbonyl (C=O) groups is 1. The van der Waals surface area contributed by atoms with Crippen molar-refractivity contribution in [2.24, 2.45) is 16.9 Å². The normalized spacial score (nSPS) is 27.7. The van der Waals surface area contributed by atoms with E-state index in [9.17, 15) is 4.79 Å². The molecule has 15 heavy (non-hydrogen) atoms. The molecule has 1 amide bonds. The van der Waals surface area contributed by atoms with E-state index < -0.39 is 0 Å². The molecule has 3 N–H and O–H groups in total. The molecule has 1 aliphatic heterocycles. The van der Waals surface area contributed by atoms with Gasteiger partial charge in [-0.05, 0) is 18.6 Å². The Balaban J connectivity index is 1.98. The number of nitrogen functional groups attached to an aromatic ring is 1. The molecule has 3 rings (SSSR count). The molecule has 1 saturated carbocycles. The van der Waals surface area contributed by atoms with E-state index in [2.05, 4.69) is 10.5 Å². The van der Waals surface area contributed by atoms with Gasteiger partial charge in [0.25, 0.3) is 0 Å². The zero-order valence-corrected chi connectivity index (χ0v) is 8.10. The van der Waals surface area contributed by atoms with Gasteiger partial charge in [0.05, 0.1) is 5.71 Å². The number of benzene rings is 1. The van der Waals surface area contributed by atoms with E-state index in [0.717, 1.165) is 23.4 Å². The van der Waals surface area contributed by atoms with Crippen LogP contribution >= 0.6 is 0 Å². The molecule has 1 aliphatic carbocycles. The first kappa shape index (κ1) is 8.47. The minimum Gasteiger partial charge on any atom is -0.399 e. The number of hydrazone groups is 1.